The van der Waals surface area contributed by atoms with E-state index in [0.29, 0.717) is 13.2 Å². The molecule has 3 heterocycles. The van der Waals surface area contributed by atoms with Crippen LogP contribution in [0.15, 0.2) is 70.6 Å². The zero-order valence-corrected chi connectivity index (χ0v) is 16.8. The highest BCUT2D eigenvalue weighted by atomic mass is 35.5. The lowest BCUT2D eigenvalue weighted by Crippen LogP contribution is -2.15. The van der Waals surface area contributed by atoms with Crippen molar-refractivity contribution in [3.63, 3.8) is 0 Å². The van der Waals surface area contributed by atoms with Gasteiger partial charge in [-0.1, -0.05) is 23.4 Å². The van der Waals surface area contributed by atoms with E-state index in [1.165, 1.54) is 0 Å². The largest absolute Gasteiger partial charge is 0.486 e. The Bertz CT molecular complexity index is 1170. The van der Waals surface area contributed by atoms with Crippen LogP contribution in [0, 0.1) is 0 Å². The first-order chi connectivity index (χ1) is 13.7. The van der Waals surface area contributed by atoms with E-state index >= 15 is 0 Å². The highest BCUT2D eigenvalue weighted by molar-refractivity contribution is 7.99. The number of halogens is 1. The van der Waals surface area contributed by atoms with Crippen molar-refractivity contribution in [2.24, 2.45) is 7.05 Å². The van der Waals surface area contributed by atoms with Gasteiger partial charge >= 0.3 is 0 Å². The molecule has 0 saturated heterocycles. The van der Waals surface area contributed by atoms with E-state index in [9.17, 15) is 0 Å². The molecular weight excluding hydrogens is 392 g/mol. The van der Waals surface area contributed by atoms with Crippen LogP contribution in [0.3, 0.4) is 0 Å². The van der Waals surface area contributed by atoms with Gasteiger partial charge in [-0.25, -0.2) is 4.98 Å². The molecule has 2 aromatic heterocycles. The Balaban J connectivity index is 1.69. The fourth-order valence-electron chi connectivity index (χ4n) is 3.47. The predicted octanol–water partition coefficient (Wildman–Crippen LogP) is 5.82. The maximum absolute atomic E-state index is 6.06. The molecule has 1 aliphatic heterocycles. The van der Waals surface area contributed by atoms with Crippen molar-refractivity contribution >= 4 is 34.4 Å². The molecule has 4 aromatic rings. The number of rotatable bonds is 3. The molecule has 0 N–H and O–H groups in total. The standard InChI is InChI=1S/C22H17ClN2O2S/c1-25-20(14-4-9-18-19(13-14)27-12-11-26-18)21(17-3-2-10-24-22(17)25)28-16-7-5-15(23)6-8-16/h2-10,13H,11-12H2,1H3. The number of benzene rings is 2. The molecule has 0 amide bonds. The summed E-state index contributed by atoms with van der Waals surface area (Å²) in [6.45, 7) is 1.15. The number of hydrogen-bond donors (Lipinski definition) is 0. The van der Waals surface area contributed by atoms with Crippen LogP contribution < -0.4 is 9.47 Å². The van der Waals surface area contributed by atoms with E-state index in [4.69, 9.17) is 21.1 Å². The Kier molecular flexibility index (Phi) is 4.41. The average molecular weight is 409 g/mol. The minimum Gasteiger partial charge on any atom is -0.486 e. The third-order valence-electron chi connectivity index (χ3n) is 4.75. The zero-order chi connectivity index (χ0) is 19.1. The van der Waals surface area contributed by atoms with Crippen LogP contribution in [-0.2, 0) is 7.05 Å². The van der Waals surface area contributed by atoms with Crippen molar-refractivity contribution in [2.75, 3.05) is 13.2 Å². The van der Waals surface area contributed by atoms with Gasteiger partial charge in [0.25, 0.3) is 0 Å². The molecule has 0 atom stereocenters. The van der Waals surface area contributed by atoms with E-state index in [1.807, 2.05) is 49.6 Å². The molecule has 0 radical (unpaired) electrons. The molecule has 6 heteroatoms. The van der Waals surface area contributed by atoms with Crippen LogP contribution in [-0.4, -0.2) is 22.8 Å². The molecule has 4 nitrogen and oxygen atoms in total. The SMILES string of the molecule is Cn1c(-c2ccc3c(c2)OCCO3)c(Sc2ccc(Cl)cc2)c2cccnc21. The van der Waals surface area contributed by atoms with E-state index in [-0.39, 0.29) is 0 Å². The molecule has 0 unspecified atom stereocenters. The third kappa shape index (κ3) is 3.01. The Morgan fingerprint density at radius 1 is 1.00 bits per heavy atom. The number of ether oxygens (including phenoxy) is 2. The van der Waals surface area contributed by atoms with Crippen molar-refractivity contribution in [3.05, 3.63) is 65.8 Å². The lowest BCUT2D eigenvalue weighted by atomic mass is 10.1. The maximum atomic E-state index is 6.06. The fraction of sp³-hybridized carbons (Fsp3) is 0.136. The first-order valence-electron chi connectivity index (χ1n) is 8.97. The highest BCUT2D eigenvalue weighted by Gasteiger charge is 2.21. The summed E-state index contributed by atoms with van der Waals surface area (Å²) in [5, 5.41) is 1.85. The second-order valence-corrected chi connectivity index (χ2v) is 8.05. The lowest BCUT2D eigenvalue weighted by Gasteiger charge is -2.19. The van der Waals surface area contributed by atoms with Gasteiger partial charge in [0.1, 0.15) is 18.9 Å². The summed E-state index contributed by atoms with van der Waals surface area (Å²) in [4.78, 5) is 6.88. The van der Waals surface area contributed by atoms with Crippen LogP contribution in [0.25, 0.3) is 22.3 Å². The Hall–Kier alpha value is -2.63. The van der Waals surface area contributed by atoms with Crippen molar-refractivity contribution in [1.29, 1.82) is 0 Å². The topological polar surface area (TPSA) is 36.3 Å². The Morgan fingerprint density at radius 2 is 1.79 bits per heavy atom. The quantitative estimate of drug-likeness (QED) is 0.428. The predicted molar refractivity (Wildman–Crippen MR) is 113 cm³/mol. The van der Waals surface area contributed by atoms with Gasteiger partial charge in [0, 0.05) is 39.0 Å². The van der Waals surface area contributed by atoms with Crippen molar-refractivity contribution in [3.8, 4) is 22.8 Å². The summed E-state index contributed by atoms with van der Waals surface area (Å²) in [6.07, 6.45) is 1.83. The van der Waals surface area contributed by atoms with Gasteiger partial charge in [0.15, 0.2) is 11.5 Å². The van der Waals surface area contributed by atoms with Gasteiger partial charge in [-0.05, 0) is 54.6 Å². The zero-order valence-electron chi connectivity index (χ0n) is 15.2. The number of aromatic nitrogens is 2. The molecule has 0 spiro atoms. The Morgan fingerprint density at radius 3 is 2.61 bits per heavy atom. The van der Waals surface area contributed by atoms with Crippen LogP contribution in [0.5, 0.6) is 11.5 Å². The van der Waals surface area contributed by atoms with Crippen LogP contribution in [0.1, 0.15) is 0 Å². The van der Waals surface area contributed by atoms with Crippen LogP contribution >= 0.6 is 23.4 Å². The molecular formula is C22H17ClN2O2S. The summed E-state index contributed by atoms with van der Waals surface area (Å²) >= 11 is 7.77. The number of fused-ring (bicyclic) bond motifs is 2. The Labute approximate surface area is 172 Å². The van der Waals surface area contributed by atoms with Gasteiger partial charge < -0.3 is 14.0 Å². The summed E-state index contributed by atoms with van der Waals surface area (Å²) in [5.41, 5.74) is 3.12. The van der Waals surface area contributed by atoms with Gasteiger partial charge in [-0.3, -0.25) is 0 Å². The lowest BCUT2D eigenvalue weighted by molar-refractivity contribution is 0.171. The maximum Gasteiger partial charge on any atom is 0.162 e. The highest BCUT2D eigenvalue weighted by Crippen LogP contribution is 2.44. The van der Waals surface area contributed by atoms with Crippen LogP contribution in [0.4, 0.5) is 0 Å². The van der Waals surface area contributed by atoms with Crippen molar-refractivity contribution in [2.45, 2.75) is 9.79 Å². The summed E-state index contributed by atoms with van der Waals surface area (Å²) in [6, 6.07) is 18.1. The molecule has 140 valence electrons. The third-order valence-corrected chi connectivity index (χ3v) is 6.13. The normalized spacial score (nSPS) is 13.1. The van der Waals surface area contributed by atoms with Crippen molar-refractivity contribution < 1.29 is 9.47 Å². The molecule has 0 saturated carbocycles. The average Bonchev–Trinajstić information content (AvgIpc) is 3.01. The van der Waals surface area contributed by atoms with Gasteiger partial charge in [-0.2, -0.15) is 0 Å². The minimum atomic E-state index is 0.569. The molecule has 0 bridgehead atoms. The van der Waals surface area contributed by atoms with Gasteiger partial charge in [0.2, 0.25) is 0 Å². The van der Waals surface area contributed by atoms with Gasteiger partial charge in [0.05, 0.1) is 5.69 Å². The van der Waals surface area contributed by atoms with E-state index in [0.717, 1.165) is 48.6 Å². The second kappa shape index (κ2) is 7.08. The van der Waals surface area contributed by atoms with Gasteiger partial charge in [-0.15, -0.1) is 0 Å². The summed E-state index contributed by atoms with van der Waals surface area (Å²) < 4.78 is 13.6. The number of aryl methyl sites for hydroxylation is 1. The van der Waals surface area contributed by atoms with Crippen molar-refractivity contribution in [1.82, 2.24) is 9.55 Å². The first kappa shape index (κ1) is 17.5. The summed E-state index contributed by atoms with van der Waals surface area (Å²) in [7, 11) is 2.05. The van der Waals surface area contributed by atoms with Crippen LogP contribution in [0.2, 0.25) is 5.02 Å². The molecule has 0 fully saturated rings. The number of pyridine rings is 1. The number of nitrogens with zero attached hydrogens (tertiary/aromatic N) is 2. The molecule has 1 aliphatic rings. The number of hydrogen-bond acceptors (Lipinski definition) is 4. The second-order valence-electron chi connectivity index (χ2n) is 6.53. The first-order valence-corrected chi connectivity index (χ1v) is 10.2. The molecule has 0 aliphatic carbocycles. The summed E-state index contributed by atoms with van der Waals surface area (Å²) in [5.74, 6) is 1.57. The molecule has 28 heavy (non-hydrogen) atoms. The van der Waals surface area contributed by atoms with E-state index in [2.05, 4.69) is 27.8 Å². The van der Waals surface area contributed by atoms with E-state index < -0.39 is 0 Å². The molecule has 5 rings (SSSR count). The minimum absolute atomic E-state index is 0.569. The van der Waals surface area contributed by atoms with E-state index in [1.54, 1.807) is 11.8 Å². The monoisotopic (exact) mass is 408 g/mol. The molecule has 2 aromatic carbocycles. The smallest absolute Gasteiger partial charge is 0.162 e. The fourth-order valence-corrected chi connectivity index (χ4v) is 4.72.